The van der Waals surface area contributed by atoms with E-state index in [9.17, 15) is 4.79 Å². The summed E-state index contributed by atoms with van der Waals surface area (Å²) >= 11 is 6.34. The second-order valence-corrected chi connectivity index (χ2v) is 6.37. The van der Waals surface area contributed by atoms with E-state index in [2.05, 4.69) is 23.8 Å². The zero-order chi connectivity index (χ0) is 15.7. The fourth-order valence-corrected chi connectivity index (χ4v) is 3.22. The summed E-state index contributed by atoms with van der Waals surface area (Å²) in [6.45, 7) is 5.75. The summed E-state index contributed by atoms with van der Waals surface area (Å²) in [5, 5.41) is 4.59. The predicted octanol–water partition coefficient (Wildman–Crippen LogP) is 3.18. The van der Waals surface area contributed by atoms with Crippen LogP contribution in [0.3, 0.4) is 0 Å². The zero-order valence-electron chi connectivity index (χ0n) is 12.9. The van der Waals surface area contributed by atoms with E-state index in [-0.39, 0.29) is 10.6 Å². The lowest BCUT2D eigenvalue weighted by Crippen LogP contribution is -2.33. The fourth-order valence-electron chi connectivity index (χ4n) is 2.96. The van der Waals surface area contributed by atoms with Gasteiger partial charge in [0.2, 0.25) is 0 Å². The minimum absolute atomic E-state index is 0.227. The van der Waals surface area contributed by atoms with Gasteiger partial charge in [-0.25, -0.2) is 4.68 Å². The van der Waals surface area contributed by atoms with Crippen LogP contribution >= 0.6 is 11.6 Å². The lowest BCUT2D eigenvalue weighted by Gasteiger charge is -2.26. The Balaban J connectivity index is 1.91. The van der Waals surface area contributed by atoms with Crippen LogP contribution < -0.4 is 10.5 Å². The van der Waals surface area contributed by atoms with Gasteiger partial charge in [-0.15, -0.1) is 0 Å². The van der Waals surface area contributed by atoms with Crippen LogP contribution in [0, 0.1) is 5.92 Å². The number of anilines is 1. The molecule has 1 fully saturated rings. The highest BCUT2D eigenvalue weighted by atomic mass is 35.5. The number of nitrogens with zero attached hydrogens (tertiary/aromatic N) is 3. The quantitative estimate of drug-likeness (QED) is 0.872. The van der Waals surface area contributed by atoms with Crippen molar-refractivity contribution >= 4 is 17.3 Å². The van der Waals surface area contributed by atoms with Crippen molar-refractivity contribution in [1.29, 1.82) is 0 Å². The maximum atomic E-state index is 12.5. The molecule has 2 unspecified atom stereocenters. The Kier molecular flexibility index (Phi) is 4.21. The van der Waals surface area contributed by atoms with Crippen LogP contribution in [-0.4, -0.2) is 22.4 Å². The number of benzene rings is 1. The highest BCUT2D eigenvalue weighted by Gasteiger charge is 2.29. The normalized spacial score (nSPS) is 21.3. The summed E-state index contributed by atoms with van der Waals surface area (Å²) in [5.41, 5.74) is 1.56. The van der Waals surface area contributed by atoms with E-state index in [0.717, 1.165) is 24.2 Å². The van der Waals surface area contributed by atoms with Gasteiger partial charge in [-0.2, -0.15) is 5.10 Å². The van der Waals surface area contributed by atoms with Crippen molar-refractivity contribution in [3.63, 3.8) is 0 Å². The first-order valence-corrected chi connectivity index (χ1v) is 8.02. The number of hydrogen-bond donors (Lipinski definition) is 0. The molecule has 3 rings (SSSR count). The third kappa shape index (κ3) is 2.75. The van der Waals surface area contributed by atoms with E-state index in [1.54, 1.807) is 6.20 Å². The van der Waals surface area contributed by atoms with Gasteiger partial charge in [-0.3, -0.25) is 4.79 Å². The molecule has 1 aromatic carbocycles. The van der Waals surface area contributed by atoms with Crippen LogP contribution in [0.4, 0.5) is 5.69 Å². The fraction of sp³-hybridized carbons (Fsp3) is 0.412. The van der Waals surface area contributed by atoms with E-state index in [1.165, 1.54) is 4.68 Å². The van der Waals surface area contributed by atoms with Gasteiger partial charge < -0.3 is 4.90 Å². The third-order valence-corrected chi connectivity index (χ3v) is 4.95. The van der Waals surface area contributed by atoms with Crippen molar-refractivity contribution in [2.75, 3.05) is 11.4 Å². The Morgan fingerprint density at radius 2 is 2.00 bits per heavy atom. The number of aromatic nitrogens is 2. The summed E-state index contributed by atoms with van der Waals surface area (Å²) in [5.74, 6) is 0.600. The van der Waals surface area contributed by atoms with Crippen molar-refractivity contribution in [3.05, 3.63) is 57.5 Å². The molecule has 2 atom stereocenters. The summed E-state index contributed by atoms with van der Waals surface area (Å²) in [4.78, 5) is 14.7. The largest absolute Gasteiger partial charge is 0.366 e. The molecular weight excluding hydrogens is 298 g/mol. The molecular formula is C17H20ClN3O. The van der Waals surface area contributed by atoms with Gasteiger partial charge >= 0.3 is 0 Å². The highest BCUT2D eigenvalue weighted by Crippen LogP contribution is 2.31. The first-order chi connectivity index (χ1) is 10.6. The van der Waals surface area contributed by atoms with Crippen molar-refractivity contribution < 1.29 is 0 Å². The Morgan fingerprint density at radius 3 is 2.64 bits per heavy atom. The standard InChI is InChI=1S/C17H20ClN3O/c1-12-8-9-20(13(12)2)15-10-19-21(17(22)16(15)18)11-14-6-4-3-5-7-14/h3-7,10,12-13H,8-9,11H2,1-2H3. The van der Waals surface area contributed by atoms with Crippen molar-refractivity contribution in [2.24, 2.45) is 5.92 Å². The molecule has 2 heterocycles. The van der Waals surface area contributed by atoms with Crippen LogP contribution in [0.15, 0.2) is 41.3 Å². The van der Waals surface area contributed by atoms with E-state index in [0.29, 0.717) is 18.5 Å². The Labute approximate surface area is 135 Å². The van der Waals surface area contributed by atoms with Crippen LogP contribution in [-0.2, 0) is 6.54 Å². The smallest absolute Gasteiger partial charge is 0.287 e. The zero-order valence-corrected chi connectivity index (χ0v) is 13.6. The van der Waals surface area contributed by atoms with Gasteiger partial charge in [0.05, 0.1) is 18.4 Å². The van der Waals surface area contributed by atoms with Gasteiger partial charge in [-0.05, 0) is 24.8 Å². The molecule has 0 amide bonds. The van der Waals surface area contributed by atoms with Crippen molar-refractivity contribution in [3.8, 4) is 0 Å². The van der Waals surface area contributed by atoms with E-state index < -0.39 is 0 Å². The average Bonchev–Trinajstić information content (AvgIpc) is 2.85. The van der Waals surface area contributed by atoms with Crippen LogP contribution in [0.5, 0.6) is 0 Å². The topological polar surface area (TPSA) is 38.1 Å². The molecule has 0 aliphatic carbocycles. The molecule has 22 heavy (non-hydrogen) atoms. The predicted molar refractivity (Wildman–Crippen MR) is 89.6 cm³/mol. The Hall–Kier alpha value is -1.81. The van der Waals surface area contributed by atoms with Gasteiger partial charge in [-0.1, -0.05) is 48.9 Å². The van der Waals surface area contributed by atoms with Crippen LogP contribution in [0.2, 0.25) is 5.02 Å². The lowest BCUT2D eigenvalue weighted by molar-refractivity contribution is 0.544. The molecule has 1 saturated heterocycles. The minimum atomic E-state index is -0.227. The maximum Gasteiger partial charge on any atom is 0.287 e. The summed E-state index contributed by atoms with van der Waals surface area (Å²) in [6, 6.07) is 10.2. The molecule has 0 saturated carbocycles. The molecule has 0 radical (unpaired) electrons. The van der Waals surface area contributed by atoms with Crippen LogP contribution in [0.1, 0.15) is 25.8 Å². The summed E-state index contributed by atoms with van der Waals surface area (Å²) < 4.78 is 1.42. The molecule has 0 bridgehead atoms. The number of hydrogen-bond acceptors (Lipinski definition) is 3. The average molecular weight is 318 g/mol. The highest BCUT2D eigenvalue weighted by molar-refractivity contribution is 6.33. The molecule has 4 nitrogen and oxygen atoms in total. The minimum Gasteiger partial charge on any atom is -0.366 e. The first-order valence-electron chi connectivity index (χ1n) is 7.64. The summed E-state index contributed by atoms with van der Waals surface area (Å²) in [6.07, 6.45) is 2.84. The number of halogens is 1. The van der Waals surface area contributed by atoms with E-state index in [1.807, 2.05) is 30.3 Å². The van der Waals surface area contributed by atoms with E-state index >= 15 is 0 Å². The molecule has 1 aromatic heterocycles. The van der Waals surface area contributed by atoms with E-state index in [4.69, 9.17) is 11.6 Å². The molecule has 1 aliphatic heterocycles. The van der Waals surface area contributed by atoms with Gasteiger partial charge in [0.1, 0.15) is 5.02 Å². The second-order valence-electron chi connectivity index (χ2n) is 5.99. The molecule has 1 aliphatic rings. The first kappa shape index (κ1) is 15.1. The lowest BCUT2D eigenvalue weighted by atomic mass is 10.1. The van der Waals surface area contributed by atoms with Crippen LogP contribution in [0.25, 0.3) is 0 Å². The van der Waals surface area contributed by atoms with Gasteiger partial charge in [0, 0.05) is 12.6 Å². The molecule has 116 valence electrons. The Bertz CT molecular complexity index is 714. The third-order valence-electron chi connectivity index (χ3n) is 4.59. The maximum absolute atomic E-state index is 12.5. The molecule has 0 spiro atoms. The molecule has 5 heteroatoms. The van der Waals surface area contributed by atoms with Gasteiger partial charge in [0.25, 0.3) is 5.56 Å². The SMILES string of the molecule is CC1CCN(c2cnn(Cc3ccccc3)c(=O)c2Cl)C1C. The number of rotatable bonds is 3. The van der Waals surface area contributed by atoms with Crippen molar-refractivity contribution in [2.45, 2.75) is 32.9 Å². The van der Waals surface area contributed by atoms with Gasteiger partial charge in [0.15, 0.2) is 0 Å². The second kappa shape index (κ2) is 6.13. The Morgan fingerprint density at radius 1 is 1.27 bits per heavy atom. The monoisotopic (exact) mass is 317 g/mol. The molecule has 2 aromatic rings. The summed E-state index contributed by atoms with van der Waals surface area (Å²) in [7, 11) is 0. The van der Waals surface area contributed by atoms with Crippen molar-refractivity contribution in [1.82, 2.24) is 9.78 Å². The molecule has 0 N–H and O–H groups in total.